The number of para-hydroxylation sites is 2. The molecular weight excluding hydrogens is 442 g/mol. The van der Waals surface area contributed by atoms with E-state index < -0.39 is 27.6 Å². The molecule has 0 bridgehead atoms. The third kappa shape index (κ3) is 5.31. The summed E-state index contributed by atoms with van der Waals surface area (Å²) in [5.74, 6) is -0.0832. The van der Waals surface area contributed by atoms with Gasteiger partial charge >= 0.3 is 5.97 Å². The maximum atomic E-state index is 13.7. The van der Waals surface area contributed by atoms with Crippen LogP contribution in [0.2, 0.25) is 5.02 Å². The van der Waals surface area contributed by atoms with E-state index in [2.05, 4.69) is 0 Å². The fraction of sp³-hybridized carbons (Fsp3) is 0.409. The molecule has 0 saturated carbocycles. The Morgan fingerprint density at radius 3 is 2.58 bits per heavy atom. The Hall–Kier alpha value is -2.29. The Kier molecular flexibility index (Phi) is 6.83. The molecule has 0 spiro atoms. The van der Waals surface area contributed by atoms with Gasteiger partial charge in [-0.1, -0.05) is 35.9 Å². The molecular formula is C22H26ClNO6S. The first-order valence-electron chi connectivity index (χ1n) is 9.81. The van der Waals surface area contributed by atoms with Crippen molar-refractivity contribution < 1.29 is 27.4 Å². The molecule has 31 heavy (non-hydrogen) atoms. The van der Waals surface area contributed by atoms with Gasteiger partial charge in [-0.25, -0.2) is 13.2 Å². The summed E-state index contributed by atoms with van der Waals surface area (Å²) < 4.78 is 45.2. The highest BCUT2D eigenvalue weighted by Gasteiger charge is 2.39. The summed E-state index contributed by atoms with van der Waals surface area (Å²) in [7, 11) is -4.04. The second kappa shape index (κ2) is 9.06. The Balaban J connectivity index is 1.91. The molecule has 1 heterocycles. The standard InChI is InChI=1S/C22H26ClNO6S/c1-15-8-7-9-17(23)21(15)31(26,27)24-16(12-28-14-20(25)30-22(2,3)4)13-29-19-11-6-5-10-18(19)24/h5-11,16H,12-14H2,1-4H3. The van der Waals surface area contributed by atoms with Crippen molar-refractivity contribution in [3.05, 3.63) is 53.1 Å². The van der Waals surface area contributed by atoms with Crippen molar-refractivity contribution in [1.29, 1.82) is 0 Å². The van der Waals surface area contributed by atoms with Gasteiger partial charge in [-0.3, -0.25) is 4.31 Å². The number of hydrogen-bond acceptors (Lipinski definition) is 6. The highest BCUT2D eigenvalue weighted by atomic mass is 35.5. The number of rotatable bonds is 6. The lowest BCUT2D eigenvalue weighted by atomic mass is 10.2. The van der Waals surface area contributed by atoms with Gasteiger partial charge in [0, 0.05) is 0 Å². The average Bonchev–Trinajstić information content (AvgIpc) is 2.65. The Morgan fingerprint density at radius 2 is 1.90 bits per heavy atom. The SMILES string of the molecule is Cc1cccc(Cl)c1S(=O)(=O)N1c2ccccc2OCC1COCC(=O)OC(C)(C)C. The van der Waals surface area contributed by atoms with Crippen LogP contribution in [0.4, 0.5) is 5.69 Å². The number of nitrogens with zero attached hydrogens (tertiary/aromatic N) is 1. The molecule has 2 aromatic rings. The number of ether oxygens (including phenoxy) is 3. The minimum Gasteiger partial charge on any atom is -0.489 e. The van der Waals surface area contributed by atoms with E-state index in [4.69, 9.17) is 25.8 Å². The van der Waals surface area contributed by atoms with Crippen molar-refractivity contribution in [3.63, 3.8) is 0 Å². The lowest BCUT2D eigenvalue weighted by Gasteiger charge is -2.37. The van der Waals surface area contributed by atoms with Gasteiger partial charge in [0.05, 0.1) is 17.3 Å². The van der Waals surface area contributed by atoms with Gasteiger partial charge in [0.1, 0.15) is 35.5 Å². The molecule has 9 heteroatoms. The lowest BCUT2D eigenvalue weighted by Crippen LogP contribution is -2.49. The van der Waals surface area contributed by atoms with Crippen LogP contribution in [0.1, 0.15) is 26.3 Å². The highest BCUT2D eigenvalue weighted by molar-refractivity contribution is 7.93. The molecule has 1 unspecified atom stereocenters. The molecule has 7 nitrogen and oxygen atoms in total. The first kappa shape index (κ1) is 23.4. The molecule has 0 aliphatic carbocycles. The molecule has 1 aliphatic heterocycles. The van der Waals surface area contributed by atoms with E-state index >= 15 is 0 Å². The normalized spacial score (nSPS) is 16.4. The van der Waals surface area contributed by atoms with Crippen molar-refractivity contribution in [3.8, 4) is 5.75 Å². The van der Waals surface area contributed by atoms with Crippen molar-refractivity contribution >= 4 is 33.3 Å². The van der Waals surface area contributed by atoms with E-state index in [1.165, 1.54) is 4.31 Å². The van der Waals surface area contributed by atoms with Gasteiger partial charge in [0.25, 0.3) is 10.0 Å². The lowest BCUT2D eigenvalue weighted by molar-refractivity contribution is -0.160. The summed E-state index contributed by atoms with van der Waals surface area (Å²) in [5.41, 5.74) is 0.286. The van der Waals surface area contributed by atoms with Crippen molar-refractivity contribution in [2.24, 2.45) is 0 Å². The minimum absolute atomic E-state index is 0.0329. The summed E-state index contributed by atoms with van der Waals surface area (Å²) >= 11 is 6.29. The predicted octanol–water partition coefficient (Wildman–Crippen LogP) is 3.96. The van der Waals surface area contributed by atoms with E-state index in [1.54, 1.807) is 70.2 Å². The van der Waals surface area contributed by atoms with Crippen LogP contribution in [0.15, 0.2) is 47.4 Å². The molecule has 1 aliphatic rings. The number of aryl methyl sites for hydroxylation is 1. The van der Waals surface area contributed by atoms with E-state index in [1.807, 2.05) is 0 Å². The quantitative estimate of drug-likeness (QED) is 0.598. The summed E-state index contributed by atoms with van der Waals surface area (Å²) in [6, 6.07) is 11.1. The smallest absolute Gasteiger partial charge is 0.332 e. The van der Waals surface area contributed by atoms with Gasteiger partial charge in [0.2, 0.25) is 0 Å². The van der Waals surface area contributed by atoms with E-state index in [0.717, 1.165) is 0 Å². The number of carbonyl (C=O) groups excluding carboxylic acids is 1. The monoisotopic (exact) mass is 467 g/mol. The van der Waals surface area contributed by atoms with Crippen LogP contribution < -0.4 is 9.04 Å². The van der Waals surface area contributed by atoms with Crippen LogP contribution >= 0.6 is 11.6 Å². The number of sulfonamides is 1. The second-order valence-corrected chi connectivity index (χ2v) is 10.4. The molecule has 3 rings (SSSR count). The minimum atomic E-state index is -4.04. The predicted molar refractivity (Wildman–Crippen MR) is 118 cm³/mol. The van der Waals surface area contributed by atoms with Gasteiger partial charge in [0.15, 0.2) is 0 Å². The van der Waals surface area contributed by atoms with Crippen LogP contribution in [0.25, 0.3) is 0 Å². The molecule has 0 radical (unpaired) electrons. The van der Waals surface area contributed by atoms with Gasteiger partial charge < -0.3 is 14.2 Å². The number of benzene rings is 2. The summed E-state index contributed by atoms with van der Waals surface area (Å²) in [6.45, 7) is 6.68. The Morgan fingerprint density at radius 1 is 1.19 bits per heavy atom. The zero-order valence-electron chi connectivity index (χ0n) is 17.9. The highest BCUT2D eigenvalue weighted by Crippen LogP contribution is 2.39. The summed E-state index contributed by atoms with van der Waals surface area (Å²) in [5, 5.41) is 0.136. The Bertz CT molecular complexity index is 1040. The number of hydrogen-bond donors (Lipinski definition) is 0. The topological polar surface area (TPSA) is 82.1 Å². The third-order valence-electron chi connectivity index (χ3n) is 4.50. The number of anilines is 1. The van der Waals surface area contributed by atoms with Crippen LogP contribution in [-0.2, 0) is 24.3 Å². The van der Waals surface area contributed by atoms with Crippen LogP contribution in [0, 0.1) is 6.92 Å². The fourth-order valence-corrected chi connectivity index (χ4v) is 5.77. The summed E-state index contributed by atoms with van der Waals surface area (Å²) in [4.78, 5) is 12.0. The first-order chi connectivity index (χ1) is 14.5. The average molecular weight is 468 g/mol. The van der Waals surface area contributed by atoms with Crippen LogP contribution in [0.3, 0.4) is 0 Å². The molecule has 168 valence electrons. The second-order valence-electron chi connectivity index (χ2n) is 8.22. The van der Waals surface area contributed by atoms with Crippen LogP contribution in [0.5, 0.6) is 5.75 Å². The fourth-order valence-electron chi connectivity index (χ4n) is 3.34. The number of fused-ring (bicyclic) bond motifs is 1. The zero-order valence-corrected chi connectivity index (χ0v) is 19.5. The van der Waals surface area contributed by atoms with Crippen LogP contribution in [-0.4, -0.2) is 45.9 Å². The molecule has 1 atom stereocenters. The van der Waals surface area contributed by atoms with Gasteiger partial charge in [-0.15, -0.1) is 0 Å². The third-order valence-corrected chi connectivity index (χ3v) is 6.99. The van der Waals surface area contributed by atoms with Crippen molar-refractivity contribution in [2.75, 3.05) is 24.1 Å². The summed E-state index contributed by atoms with van der Waals surface area (Å²) in [6.07, 6.45) is 0. The van der Waals surface area contributed by atoms with E-state index in [9.17, 15) is 13.2 Å². The number of halogens is 1. The van der Waals surface area contributed by atoms with Crippen molar-refractivity contribution in [1.82, 2.24) is 0 Å². The Labute approximate surface area is 187 Å². The van der Waals surface area contributed by atoms with Crippen molar-refractivity contribution in [2.45, 2.75) is 44.2 Å². The molecule has 0 aromatic heterocycles. The molecule has 0 N–H and O–H groups in total. The van der Waals surface area contributed by atoms with E-state index in [0.29, 0.717) is 17.0 Å². The number of esters is 1. The molecule has 2 aromatic carbocycles. The molecule has 0 saturated heterocycles. The molecule has 0 fully saturated rings. The van der Waals surface area contributed by atoms with E-state index in [-0.39, 0.29) is 29.7 Å². The zero-order chi connectivity index (χ0) is 22.8. The van der Waals surface area contributed by atoms with Gasteiger partial charge in [-0.05, 0) is 51.5 Å². The number of carbonyl (C=O) groups is 1. The van der Waals surface area contributed by atoms with Gasteiger partial charge in [-0.2, -0.15) is 0 Å². The maximum Gasteiger partial charge on any atom is 0.332 e. The largest absolute Gasteiger partial charge is 0.489 e. The molecule has 0 amide bonds. The first-order valence-corrected chi connectivity index (χ1v) is 11.6. The maximum absolute atomic E-state index is 13.7.